The third-order valence-electron chi connectivity index (χ3n) is 4.25. The third-order valence-corrected chi connectivity index (χ3v) is 4.25. The molecule has 0 nitrogen and oxygen atoms in total. The van der Waals surface area contributed by atoms with Gasteiger partial charge in [-0.05, 0) is 30.1 Å². The second-order valence-corrected chi connectivity index (χ2v) is 7.80. The Morgan fingerprint density at radius 3 is 1.53 bits per heavy atom. The van der Waals surface area contributed by atoms with E-state index in [1.54, 1.807) is 0 Å². The maximum absolute atomic E-state index is 2.45. The van der Waals surface area contributed by atoms with Crippen LogP contribution < -0.4 is 0 Å². The summed E-state index contributed by atoms with van der Waals surface area (Å²) in [5, 5.41) is 0. The summed E-state index contributed by atoms with van der Waals surface area (Å²) >= 11 is 0. The van der Waals surface area contributed by atoms with E-state index in [9.17, 15) is 0 Å². The van der Waals surface area contributed by atoms with Crippen molar-refractivity contribution in [2.24, 2.45) is 23.7 Å². The first-order valence-electron chi connectivity index (χ1n) is 8.91. The molecule has 2 atom stereocenters. The van der Waals surface area contributed by atoms with Crippen LogP contribution in [0.2, 0.25) is 0 Å². The van der Waals surface area contributed by atoms with Gasteiger partial charge in [0.1, 0.15) is 0 Å². The van der Waals surface area contributed by atoms with Crippen LogP contribution in [0.5, 0.6) is 0 Å². The van der Waals surface area contributed by atoms with E-state index in [4.69, 9.17) is 0 Å². The molecule has 0 heteroatoms. The van der Waals surface area contributed by atoms with Crippen molar-refractivity contribution in [3.05, 3.63) is 0 Å². The fraction of sp³-hybridized carbons (Fsp3) is 1.00. The lowest BCUT2D eigenvalue weighted by Crippen LogP contribution is -2.00. The number of rotatable bonds is 12. The summed E-state index contributed by atoms with van der Waals surface area (Å²) in [5.41, 5.74) is 0. The minimum atomic E-state index is 0.871. The van der Waals surface area contributed by atoms with Crippen LogP contribution in [-0.4, -0.2) is 0 Å². The van der Waals surface area contributed by atoms with Crippen LogP contribution in [0, 0.1) is 23.7 Å². The molecule has 19 heavy (non-hydrogen) atoms. The van der Waals surface area contributed by atoms with Crippen LogP contribution >= 0.6 is 0 Å². The molecule has 0 aromatic rings. The van der Waals surface area contributed by atoms with Crippen molar-refractivity contribution in [2.75, 3.05) is 0 Å². The largest absolute Gasteiger partial charge is 0.0628 e. The Balaban J connectivity index is 3.33. The van der Waals surface area contributed by atoms with Crippen molar-refractivity contribution in [1.82, 2.24) is 0 Å². The van der Waals surface area contributed by atoms with Crippen molar-refractivity contribution >= 4 is 0 Å². The molecular weight excluding hydrogens is 228 g/mol. The SMILES string of the molecule is CC(C)CCC[C@@H](C)CCCCC[C@@H](C)CC(C)C. The van der Waals surface area contributed by atoms with Gasteiger partial charge in [-0.3, -0.25) is 0 Å². The molecule has 0 spiro atoms. The summed E-state index contributed by atoms with van der Waals surface area (Å²) in [6.07, 6.45) is 13.0. The number of unbranched alkanes of at least 4 members (excludes halogenated alkanes) is 2. The zero-order valence-electron chi connectivity index (χ0n) is 14.7. The van der Waals surface area contributed by atoms with E-state index in [1.807, 2.05) is 0 Å². The van der Waals surface area contributed by atoms with E-state index in [0.29, 0.717) is 0 Å². The molecule has 0 aliphatic carbocycles. The minimum absolute atomic E-state index is 0.871. The summed E-state index contributed by atoms with van der Waals surface area (Å²) in [7, 11) is 0. The molecule has 0 rings (SSSR count). The average Bonchev–Trinajstić information content (AvgIpc) is 2.26. The highest BCUT2D eigenvalue weighted by molar-refractivity contribution is 4.59. The van der Waals surface area contributed by atoms with Crippen molar-refractivity contribution in [3.8, 4) is 0 Å². The first-order valence-corrected chi connectivity index (χ1v) is 8.91. The Kier molecular flexibility index (Phi) is 11.8. The van der Waals surface area contributed by atoms with Crippen LogP contribution in [0.1, 0.15) is 99.3 Å². The van der Waals surface area contributed by atoms with Crippen LogP contribution in [0.15, 0.2) is 0 Å². The molecule has 0 amide bonds. The van der Waals surface area contributed by atoms with Gasteiger partial charge in [0.2, 0.25) is 0 Å². The van der Waals surface area contributed by atoms with E-state index in [1.165, 1.54) is 57.8 Å². The second kappa shape index (κ2) is 11.8. The highest BCUT2D eigenvalue weighted by Gasteiger charge is 2.06. The predicted octanol–water partition coefficient (Wildman–Crippen LogP) is 7.08. The lowest BCUT2D eigenvalue weighted by molar-refractivity contribution is 0.384. The Morgan fingerprint density at radius 2 is 1.00 bits per heavy atom. The molecule has 0 heterocycles. The van der Waals surface area contributed by atoms with Gasteiger partial charge in [0, 0.05) is 0 Å². The average molecular weight is 269 g/mol. The van der Waals surface area contributed by atoms with Gasteiger partial charge < -0.3 is 0 Å². The molecule has 0 saturated carbocycles. The van der Waals surface area contributed by atoms with Crippen LogP contribution in [-0.2, 0) is 0 Å². The van der Waals surface area contributed by atoms with Crippen LogP contribution in [0.3, 0.4) is 0 Å². The quantitative estimate of drug-likeness (QED) is 0.332. The highest BCUT2D eigenvalue weighted by Crippen LogP contribution is 2.21. The standard InChI is InChI=1S/C19H40/c1-16(2)11-10-14-18(5)12-8-7-9-13-19(6)15-17(3)4/h16-19H,7-15H2,1-6H3/t18-,19+/m0/s1. The van der Waals surface area contributed by atoms with Gasteiger partial charge in [-0.15, -0.1) is 0 Å². The maximum atomic E-state index is 2.45. The van der Waals surface area contributed by atoms with Gasteiger partial charge in [-0.1, -0.05) is 92.9 Å². The van der Waals surface area contributed by atoms with Gasteiger partial charge in [0.25, 0.3) is 0 Å². The van der Waals surface area contributed by atoms with Crippen molar-refractivity contribution in [3.63, 3.8) is 0 Å². The zero-order chi connectivity index (χ0) is 14.7. The lowest BCUT2D eigenvalue weighted by atomic mass is 9.92. The molecule has 0 aromatic carbocycles. The fourth-order valence-electron chi connectivity index (χ4n) is 3.10. The summed E-state index contributed by atoms with van der Waals surface area (Å²) < 4.78 is 0. The van der Waals surface area contributed by atoms with E-state index in [-0.39, 0.29) is 0 Å². The Bertz CT molecular complexity index is 180. The monoisotopic (exact) mass is 268 g/mol. The van der Waals surface area contributed by atoms with Gasteiger partial charge in [0.05, 0.1) is 0 Å². The minimum Gasteiger partial charge on any atom is -0.0628 e. The predicted molar refractivity (Wildman–Crippen MR) is 89.6 cm³/mol. The number of hydrogen-bond donors (Lipinski definition) is 0. The molecule has 0 aromatic heterocycles. The zero-order valence-corrected chi connectivity index (χ0v) is 14.7. The molecule has 0 bridgehead atoms. The lowest BCUT2D eigenvalue weighted by Gasteiger charge is -2.14. The van der Waals surface area contributed by atoms with E-state index >= 15 is 0 Å². The highest BCUT2D eigenvalue weighted by atomic mass is 14.1. The molecule has 0 fully saturated rings. The molecule has 0 radical (unpaired) electrons. The first kappa shape index (κ1) is 19.0. The van der Waals surface area contributed by atoms with E-state index < -0.39 is 0 Å². The van der Waals surface area contributed by atoms with Crippen LogP contribution in [0.25, 0.3) is 0 Å². The summed E-state index contributed by atoms with van der Waals surface area (Å²) in [5.74, 6) is 3.64. The smallest absolute Gasteiger partial charge is 0.0440 e. The van der Waals surface area contributed by atoms with E-state index in [2.05, 4.69) is 41.5 Å². The van der Waals surface area contributed by atoms with E-state index in [0.717, 1.165) is 23.7 Å². The van der Waals surface area contributed by atoms with Crippen molar-refractivity contribution in [2.45, 2.75) is 99.3 Å². The third kappa shape index (κ3) is 14.2. The Labute approximate surface area is 123 Å². The Morgan fingerprint density at radius 1 is 0.474 bits per heavy atom. The summed E-state index contributed by atoms with van der Waals surface area (Å²) in [4.78, 5) is 0. The maximum Gasteiger partial charge on any atom is -0.0440 e. The van der Waals surface area contributed by atoms with Crippen molar-refractivity contribution < 1.29 is 0 Å². The molecule has 0 unspecified atom stereocenters. The van der Waals surface area contributed by atoms with Gasteiger partial charge in [-0.25, -0.2) is 0 Å². The molecule has 0 aliphatic rings. The van der Waals surface area contributed by atoms with Crippen molar-refractivity contribution in [1.29, 1.82) is 0 Å². The number of hydrogen-bond acceptors (Lipinski definition) is 0. The topological polar surface area (TPSA) is 0 Å². The van der Waals surface area contributed by atoms with Gasteiger partial charge in [0.15, 0.2) is 0 Å². The first-order chi connectivity index (χ1) is 8.91. The fourth-order valence-corrected chi connectivity index (χ4v) is 3.10. The Hall–Kier alpha value is 0. The summed E-state index contributed by atoms with van der Waals surface area (Å²) in [6, 6.07) is 0. The van der Waals surface area contributed by atoms with Crippen LogP contribution in [0.4, 0.5) is 0 Å². The van der Waals surface area contributed by atoms with Gasteiger partial charge in [-0.2, -0.15) is 0 Å². The second-order valence-electron chi connectivity index (χ2n) is 7.80. The molecular formula is C19H40. The van der Waals surface area contributed by atoms with Gasteiger partial charge >= 0.3 is 0 Å². The molecule has 0 N–H and O–H groups in total. The molecule has 0 saturated heterocycles. The molecule has 0 aliphatic heterocycles. The summed E-state index contributed by atoms with van der Waals surface area (Å²) in [6.45, 7) is 14.2. The molecule has 116 valence electrons. The normalized spacial score (nSPS) is 15.2.